The molecule has 0 radical (unpaired) electrons. The average Bonchev–Trinajstić information content (AvgIpc) is 3.36. The molecule has 0 amide bonds. The average molecular weight is 635 g/mol. The third kappa shape index (κ3) is 7.24. The molecular formula is C37H37ClF2O5. The van der Waals surface area contributed by atoms with Crippen molar-refractivity contribution in [3.05, 3.63) is 136 Å². The van der Waals surface area contributed by atoms with Crippen LogP contribution in [0.2, 0.25) is 5.02 Å². The van der Waals surface area contributed by atoms with E-state index in [0.29, 0.717) is 30.2 Å². The fourth-order valence-corrected chi connectivity index (χ4v) is 6.48. The summed E-state index contributed by atoms with van der Waals surface area (Å²) in [5, 5.41) is 0.595. The van der Waals surface area contributed by atoms with E-state index >= 15 is 0 Å². The van der Waals surface area contributed by atoms with Crippen LogP contribution in [-0.4, -0.2) is 37.4 Å². The molecule has 5 nitrogen and oxygen atoms in total. The van der Waals surface area contributed by atoms with Crippen molar-refractivity contribution in [2.75, 3.05) is 13.2 Å². The highest BCUT2D eigenvalue weighted by Gasteiger charge is 2.64. The van der Waals surface area contributed by atoms with Crippen LogP contribution in [0.15, 0.2) is 103 Å². The Morgan fingerprint density at radius 2 is 1.51 bits per heavy atom. The van der Waals surface area contributed by atoms with E-state index in [2.05, 4.69) is 0 Å². The number of rotatable bonds is 13. The SMILES string of the molecule is CCOc1ccc(Cc2cc([C@]34CC(OCc5ccccc5)[C@H](OCc5ccccc5)[C@](CC(F)F)(CO3)O4)ccc2Cl)cc1. The fourth-order valence-electron chi connectivity index (χ4n) is 6.30. The maximum atomic E-state index is 14.3. The second-order valence-corrected chi connectivity index (χ2v) is 12.0. The van der Waals surface area contributed by atoms with Crippen molar-refractivity contribution in [3.8, 4) is 5.75 Å². The first-order valence-electron chi connectivity index (χ1n) is 15.3. The van der Waals surface area contributed by atoms with Crippen molar-refractivity contribution in [2.24, 2.45) is 0 Å². The predicted octanol–water partition coefficient (Wildman–Crippen LogP) is 8.50. The van der Waals surface area contributed by atoms with Crippen molar-refractivity contribution in [2.45, 2.75) is 69.4 Å². The van der Waals surface area contributed by atoms with E-state index in [9.17, 15) is 8.78 Å². The minimum atomic E-state index is -2.64. The summed E-state index contributed by atoms with van der Waals surface area (Å²) in [7, 11) is 0. The number of halogens is 3. The number of ether oxygens (including phenoxy) is 5. The van der Waals surface area contributed by atoms with Crippen molar-refractivity contribution in [1.82, 2.24) is 0 Å². The number of benzene rings is 4. The molecule has 2 aliphatic heterocycles. The van der Waals surface area contributed by atoms with Crippen LogP contribution in [0.5, 0.6) is 5.75 Å². The zero-order valence-electron chi connectivity index (χ0n) is 25.2. The van der Waals surface area contributed by atoms with Crippen molar-refractivity contribution in [3.63, 3.8) is 0 Å². The van der Waals surface area contributed by atoms with Crippen molar-refractivity contribution in [1.29, 1.82) is 0 Å². The number of fused-ring (bicyclic) bond motifs is 2. The standard InChI is InChI=1S/C37H37ClF2O5/c1-2-41-31-16-13-26(14-17-31)19-29-20-30(15-18-32(29)38)37-21-33(42-23-27-9-5-3-6-10-27)35(43-24-28-11-7-4-8-12-28)36(45-37,25-44-37)22-34(39)40/h3-18,20,33-35H,2,19,21-25H2,1H3/t33?,35-,36-,37+/m0/s1. The van der Waals surface area contributed by atoms with Gasteiger partial charge in [-0.3, -0.25) is 0 Å². The summed E-state index contributed by atoms with van der Waals surface area (Å²) < 4.78 is 60.2. The van der Waals surface area contributed by atoms with Gasteiger partial charge in [0.25, 0.3) is 0 Å². The molecule has 0 aromatic heterocycles. The summed E-state index contributed by atoms with van der Waals surface area (Å²) in [5.74, 6) is -0.503. The maximum absolute atomic E-state index is 14.3. The van der Waals surface area contributed by atoms with Crippen LogP contribution in [0.4, 0.5) is 8.78 Å². The van der Waals surface area contributed by atoms with Crippen LogP contribution in [0.1, 0.15) is 47.6 Å². The highest BCUT2D eigenvalue weighted by molar-refractivity contribution is 6.31. The first-order chi connectivity index (χ1) is 21.9. The Bertz CT molecular complexity index is 1540. The Hall–Kier alpha value is -3.33. The Morgan fingerprint density at radius 3 is 2.16 bits per heavy atom. The molecule has 2 aliphatic rings. The van der Waals surface area contributed by atoms with E-state index in [1.807, 2.05) is 110 Å². The van der Waals surface area contributed by atoms with Crippen LogP contribution in [-0.2, 0) is 44.4 Å². The third-order valence-corrected chi connectivity index (χ3v) is 8.81. The molecule has 0 aliphatic carbocycles. The molecular weight excluding hydrogens is 598 g/mol. The van der Waals surface area contributed by atoms with Gasteiger partial charge in [-0.25, -0.2) is 8.78 Å². The molecule has 2 heterocycles. The summed E-state index contributed by atoms with van der Waals surface area (Å²) >= 11 is 6.68. The van der Waals surface area contributed by atoms with Gasteiger partial charge in [0.15, 0.2) is 5.79 Å². The smallest absolute Gasteiger partial charge is 0.241 e. The van der Waals surface area contributed by atoms with E-state index in [-0.39, 0.29) is 19.6 Å². The van der Waals surface area contributed by atoms with E-state index < -0.39 is 36.4 Å². The van der Waals surface area contributed by atoms with E-state index in [1.54, 1.807) is 0 Å². The molecule has 45 heavy (non-hydrogen) atoms. The molecule has 2 fully saturated rings. The van der Waals surface area contributed by atoms with Gasteiger partial charge >= 0.3 is 0 Å². The zero-order chi connectivity index (χ0) is 31.3. The van der Waals surface area contributed by atoms with E-state index in [4.69, 9.17) is 35.3 Å². The third-order valence-electron chi connectivity index (χ3n) is 8.44. The molecule has 4 aromatic rings. The van der Waals surface area contributed by atoms with Gasteiger partial charge in [0.2, 0.25) is 6.43 Å². The molecule has 2 saturated heterocycles. The molecule has 0 N–H and O–H groups in total. The van der Waals surface area contributed by atoms with Gasteiger partial charge < -0.3 is 23.7 Å². The van der Waals surface area contributed by atoms with E-state index in [1.165, 1.54) is 0 Å². The van der Waals surface area contributed by atoms with Gasteiger partial charge in [0.1, 0.15) is 17.5 Å². The van der Waals surface area contributed by atoms with Crippen molar-refractivity contribution >= 4 is 11.6 Å². The Kier molecular flexibility index (Phi) is 9.83. The van der Waals surface area contributed by atoms with Crippen LogP contribution >= 0.6 is 11.6 Å². The van der Waals surface area contributed by atoms with Gasteiger partial charge in [0, 0.05) is 23.4 Å². The lowest BCUT2D eigenvalue weighted by Gasteiger charge is -2.47. The minimum Gasteiger partial charge on any atom is -0.494 e. The summed E-state index contributed by atoms with van der Waals surface area (Å²) in [5.41, 5.74) is 3.11. The van der Waals surface area contributed by atoms with Crippen LogP contribution in [0.25, 0.3) is 0 Å². The maximum Gasteiger partial charge on any atom is 0.241 e. The minimum absolute atomic E-state index is 0.0567. The lowest BCUT2D eigenvalue weighted by atomic mass is 9.83. The zero-order valence-corrected chi connectivity index (χ0v) is 25.9. The van der Waals surface area contributed by atoms with Gasteiger partial charge in [0.05, 0.1) is 32.5 Å². The topological polar surface area (TPSA) is 46.2 Å². The van der Waals surface area contributed by atoms with Crippen LogP contribution in [0, 0.1) is 0 Å². The Balaban J connectivity index is 1.32. The molecule has 4 atom stereocenters. The molecule has 0 spiro atoms. The highest BCUT2D eigenvalue weighted by Crippen LogP contribution is 2.53. The number of hydrogen-bond acceptors (Lipinski definition) is 5. The molecule has 8 heteroatoms. The molecule has 2 bridgehead atoms. The second kappa shape index (κ2) is 14.0. The van der Waals surface area contributed by atoms with Crippen LogP contribution in [0.3, 0.4) is 0 Å². The molecule has 6 rings (SSSR count). The summed E-state index contributed by atoms with van der Waals surface area (Å²) in [6.45, 7) is 3.00. The quantitative estimate of drug-likeness (QED) is 0.148. The van der Waals surface area contributed by atoms with Gasteiger partial charge in [-0.05, 0) is 59.9 Å². The molecule has 236 valence electrons. The Labute approximate surface area is 268 Å². The predicted molar refractivity (Wildman–Crippen MR) is 169 cm³/mol. The van der Waals surface area contributed by atoms with Gasteiger partial charge in [-0.15, -0.1) is 0 Å². The lowest BCUT2D eigenvalue weighted by Crippen LogP contribution is -2.59. The van der Waals surface area contributed by atoms with Crippen LogP contribution < -0.4 is 4.74 Å². The summed E-state index contributed by atoms with van der Waals surface area (Å²) in [6, 6.07) is 32.9. The van der Waals surface area contributed by atoms with Gasteiger partial charge in [-0.1, -0.05) is 90.5 Å². The summed E-state index contributed by atoms with van der Waals surface area (Å²) in [6.07, 6.45) is -3.74. The first kappa shape index (κ1) is 31.6. The molecule has 4 aromatic carbocycles. The summed E-state index contributed by atoms with van der Waals surface area (Å²) in [4.78, 5) is 0. The van der Waals surface area contributed by atoms with Crippen molar-refractivity contribution < 1.29 is 32.5 Å². The normalized spacial score (nSPS) is 24.2. The second-order valence-electron chi connectivity index (χ2n) is 11.6. The highest BCUT2D eigenvalue weighted by atomic mass is 35.5. The largest absolute Gasteiger partial charge is 0.494 e. The molecule has 0 saturated carbocycles. The monoisotopic (exact) mass is 634 g/mol. The van der Waals surface area contributed by atoms with Gasteiger partial charge in [-0.2, -0.15) is 0 Å². The number of alkyl halides is 2. The lowest BCUT2D eigenvalue weighted by molar-refractivity contribution is -0.298. The fraction of sp³-hybridized carbons (Fsp3) is 0.351. The molecule has 1 unspecified atom stereocenters. The van der Waals surface area contributed by atoms with E-state index in [0.717, 1.165) is 28.0 Å². The number of hydrogen-bond donors (Lipinski definition) is 0. The first-order valence-corrected chi connectivity index (χ1v) is 15.7. The Morgan fingerprint density at radius 1 is 0.844 bits per heavy atom.